The number of ether oxygens (including phenoxy) is 1. The van der Waals surface area contributed by atoms with Gasteiger partial charge in [-0.25, -0.2) is 9.37 Å². The van der Waals surface area contributed by atoms with Crippen LogP contribution in [0, 0.1) is 12.7 Å². The Hall–Kier alpha value is -2.73. The largest absolute Gasteiger partial charge is 0.497 e. The first-order valence-corrected chi connectivity index (χ1v) is 8.60. The van der Waals surface area contributed by atoms with E-state index >= 15 is 0 Å². The van der Waals surface area contributed by atoms with Crippen molar-refractivity contribution in [1.82, 2.24) is 20.1 Å². The number of hydrogen-bond acceptors (Lipinski definition) is 4. The maximum Gasteiger partial charge on any atom is 0.164 e. The number of aryl methyl sites for hydroxylation is 1. The van der Waals surface area contributed by atoms with Crippen molar-refractivity contribution in [2.45, 2.75) is 26.4 Å². The zero-order valence-corrected chi connectivity index (χ0v) is 15.1. The van der Waals surface area contributed by atoms with Gasteiger partial charge in [0, 0.05) is 13.1 Å². The molecule has 5 nitrogen and oxygen atoms in total. The van der Waals surface area contributed by atoms with E-state index in [2.05, 4.69) is 32.2 Å². The molecule has 1 N–H and O–H groups in total. The second kappa shape index (κ2) is 8.58. The monoisotopic (exact) mass is 354 g/mol. The molecule has 0 aliphatic carbocycles. The summed E-state index contributed by atoms with van der Waals surface area (Å²) in [4.78, 5) is 6.61. The van der Waals surface area contributed by atoms with Crippen molar-refractivity contribution < 1.29 is 9.13 Å². The second-order valence-corrected chi connectivity index (χ2v) is 6.28. The maximum absolute atomic E-state index is 13.5. The zero-order valence-electron chi connectivity index (χ0n) is 15.1. The number of methoxy groups -OCH3 is 1. The van der Waals surface area contributed by atoms with Gasteiger partial charge in [-0.1, -0.05) is 24.3 Å². The van der Waals surface area contributed by atoms with E-state index in [4.69, 9.17) is 4.74 Å². The van der Waals surface area contributed by atoms with Gasteiger partial charge >= 0.3 is 0 Å². The van der Waals surface area contributed by atoms with Crippen LogP contribution in [0.3, 0.4) is 0 Å². The van der Waals surface area contributed by atoms with Gasteiger partial charge in [-0.2, -0.15) is 5.10 Å². The molecular weight excluding hydrogens is 331 g/mol. The van der Waals surface area contributed by atoms with Crippen LogP contribution in [0.15, 0.2) is 48.5 Å². The third-order valence-corrected chi connectivity index (χ3v) is 4.18. The van der Waals surface area contributed by atoms with Crippen molar-refractivity contribution in [3.8, 4) is 5.75 Å². The minimum atomic E-state index is -0.216. The minimum Gasteiger partial charge on any atom is -0.497 e. The first-order valence-electron chi connectivity index (χ1n) is 8.60. The van der Waals surface area contributed by atoms with Gasteiger partial charge in [-0.05, 0) is 48.7 Å². The normalized spacial score (nSPS) is 11.1. The molecule has 0 fully saturated rings. The van der Waals surface area contributed by atoms with E-state index in [0.29, 0.717) is 13.1 Å². The fraction of sp³-hybridized carbons (Fsp3) is 0.300. The molecule has 0 radical (unpaired) electrons. The molecule has 0 saturated carbocycles. The van der Waals surface area contributed by atoms with Gasteiger partial charge in [-0.3, -0.25) is 10.00 Å². The molecule has 0 amide bonds. The summed E-state index contributed by atoms with van der Waals surface area (Å²) >= 11 is 0. The Labute approximate surface area is 152 Å². The molecular formula is C20H23FN4O. The lowest BCUT2D eigenvalue weighted by atomic mass is 10.1. The number of nitrogens with one attached hydrogen (secondary N) is 1. The van der Waals surface area contributed by atoms with Crippen LogP contribution in [0.2, 0.25) is 0 Å². The van der Waals surface area contributed by atoms with Gasteiger partial charge in [0.15, 0.2) is 5.82 Å². The molecule has 2 aromatic carbocycles. The number of benzene rings is 2. The maximum atomic E-state index is 13.5. The van der Waals surface area contributed by atoms with E-state index < -0.39 is 0 Å². The molecule has 0 unspecified atom stereocenters. The van der Waals surface area contributed by atoms with Crippen molar-refractivity contribution in [3.05, 3.63) is 77.1 Å². The predicted molar refractivity (Wildman–Crippen MR) is 98.3 cm³/mol. The van der Waals surface area contributed by atoms with E-state index in [0.717, 1.165) is 35.9 Å². The highest BCUT2D eigenvalue weighted by Crippen LogP contribution is 2.14. The number of rotatable bonds is 8. The van der Waals surface area contributed by atoms with Crippen LogP contribution in [0.4, 0.5) is 4.39 Å². The molecule has 1 heterocycles. The topological polar surface area (TPSA) is 54.0 Å². The van der Waals surface area contributed by atoms with Gasteiger partial charge in [-0.15, -0.1) is 0 Å². The third kappa shape index (κ3) is 5.13. The molecule has 0 bridgehead atoms. The molecule has 0 saturated heterocycles. The lowest BCUT2D eigenvalue weighted by Gasteiger charge is -2.21. The molecule has 6 heteroatoms. The number of halogens is 1. The van der Waals surface area contributed by atoms with Crippen LogP contribution in [0.5, 0.6) is 5.75 Å². The van der Waals surface area contributed by atoms with Crippen LogP contribution in [-0.2, 0) is 19.5 Å². The molecule has 0 aliphatic rings. The molecule has 26 heavy (non-hydrogen) atoms. The summed E-state index contributed by atoms with van der Waals surface area (Å²) < 4.78 is 18.7. The fourth-order valence-corrected chi connectivity index (χ4v) is 2.85. The summed E-state index contributed by atoms with van der Waals surface area (Å²) in [6.45, 7) is 3.94. The average molecular weight is 354 g/mol. The Morgan fingerprint density at radius 3 is 2.54 bits per heavy atom. The second-order valence-electron chi connectivity index (χ2n) is 6.28. The standard InChI is InChI=1S/C20H23FN4O/c1-15-22-20(24-23-15)14-25(13-17-4-3-5-18(21)12-17)11-10-16-6-8-19(26-2)9-7-16/h3-9,12H,10-11,13-14H2,1-2H3,(H,22,23,24). The van der Waals surface area contributed by atoms with E-state index in [9.17, 15) is 4.39 Å². The minimum absolute atomic E-state index is 0.216. The van der Waals surface area contributed by atoms with E-state index in [1.165, 1.54) is 11.6 Å². The highest BCUT2D eigenvalue weighted by Gasteiger charge is 2.11. The number of nitrogens with zero attached hydrogens (tertiary/aromatic N) is 3. The molecule has 0 aliphatic heterocycles. The van der Waals surface area contributed by atoms with Gasteiger partial charge in [0.25, 0.3) is 0 Å². The highest BCUT2D eigenvalue weighted by atomic mass is 19.1. The van der Waals surface area contributed by atoms with Crippen LogP contribution in [0.25, 0.3) is 0 Å². The Bertz CT molecular complexity index is 832. The Morgan fingerprint density at radius 2 is 1.88 bits per heavy atom. The Morgan fingerprint density at radius 1 is 1.08 bits per heavy atom. The fourth-order valence-electron chi connectivity index (χ4n) is 2.85. The van der Waals surface area contributed by atoms with E-state index in [-0.39, 0.29) is 5.82 Å². The van der Waals surface area contributed by atoms with Crippen LogP contribution in [-0.4, -0.2) is 33.7 Å². The summed E-state index contributed by atoms with van der Waals surface area (Å²) in [5.41, 5.74) is 2.16. The first-order chi connectivity index (χ1) is 12.6. The number of aromatic nitrogens is 3. The highest BCUT2D eigenvalue weighted by molar-refractivity contribution is 5.27. The van der Waals surface area contributed by atoms with Gasteiger partial charge in [0.2, 0.25) is 0 Å². The zero-order chi connectivity index (χ0) is 18.4. The van der Waals surface area contributed by atoms with Crippen LogP contribution >= 0.6 is 0 Å². The summed E-state index contributed by atoms with van der Waals surface area (Å²) in [6, 6.07) is 14.8. The third-order valence-electron chi connectivity index (χ3n) is 4.18. The molecule has 136 valence electrons. The van der Waals surface area contributed by atoms with Crippen molar-refractivity contribution >= 4 is 0 Å². The summed E-state index contributed by atoms with van der Waals surface area (Å²) in [5, 5.41) is 7.10. The molecule has 0 atom stereocenters. The van der Waals surface area contributed by atoms with E-state index in [1.54, 1.807) is 19.2 Å². The molecule has 1 aromatic heterocycles. The average Bonchev–Trinajstić information content (AvgIpc) is 3.05. The number of H-pyrrole nitrogens is 1. The summed E-state index contributed by atoms with van der Waals surface area (Å²) in [6.07, 6.45) is 0.878. The van der Waals surface area contributed by atoms with Crippen molar-refractivity contribution in [3.63, 3.8) is 0 Å². The SMILES string of the molecule is COc1ccc(CCN(Cc2cccc(F)c2)Cc2n[nH]c(C)n2)cc1. The molecule has 3 rings (SSSR count). The molecule has 3 aromatic rings. The summed E-state index contributed by atoms with van der Waals surface area (Å²) in [7, 11) is 1.66. The van der Waals surface area contributed by atoms with E-state index in [1.807, 2.05) is 25.1 Å². The first kappa shape index (κ1) is 18.1. The lowest BCUT2D eigenvalue weighted by Crippen LogP contribution is -2.26. The Kier molecular flexibility index (Phi) is 5.96. The van der Waals surface area contributed by atoms with Crippen molar-refractivity contribution in [2.75, 3.05) is 13.7 Å². The lowest BCUT2D eigenvalue weighted by molar-refractivity contribution is 0.253. The predicted octanol–water partition coefficient (Wildman–Crippen LogP) is 3.51. The number of aromatic amines is 1. The van der Waals surface area contributed by atoms with Gasteiger partial charge < -0.3 is 4.74 Å². The summed E-state index contributed by atoms with van der Waals surface area (Å²) in [5.74, 6) is 2.17. The van der Waals surface area contributed by atoms with Crippen LogP contribution in [0.1, 0.15) is 22.8 Å². The number of hydrogen-bond donors (Lipinski definition) is 1. The smallest absolute Gasteiger partial charge is 0.164 e. The van der Waals surface area contributed by atoms with Crippen molar-refractivity contribution in [1.29, 1.82) is 0 Å². The van der Waals surface area contributed by atoms with Crippen LogP contribution < -0.4 is 4.74 Å². The van der Waals surface area contributed by atoms with Gasteiger partial charge in [0.1, 0.15) is 17.4 Å². The van der Waals surface area contributed by atoms with Gasteiger partial charge in [0.05, 0.1) is 13.7 Å². The molecule has 0 spiro atoms. The Balaban J connectivity index is 1.68. The van der Waals surface area contributed by atoms with Crippen molar-refractivity contribution in [2.24, 2.45) is 0 Å². The quantitative estimate of drug-likeness (QED) is 0.673.